The second-order valence-electron chi connectivity index (χ2n) is 9.51. The molecule has 2 fully saturated rings. The molecule has 13 heteroatoms. The topological polar surface area (TPSA) is 92.8 Å². The van der Waals surface area contributed by atoms with E-state index in [1.165, 1.54) is 18.3 Å². The Hall–Kier alpha value is -4.10. The minimum atomic E-state index is -5.03. The molecule has 8 nitrogen and oxygen atoms in total. The number of aromatic nitrogens is 1. The molecule has 0 unspecified atom stereocenters. The van der Waals surface area contributed by atoms with E-state index >= 15 is 0 Å². The van der Waals surface area contributed by atoms with Crippen molar-refractivity contribution in [1.29, 1.82) is 0 Å². The van der Waals surface area contributed by atoms with Gasteiger partial charge in [0, 0.05) is 29.8 Å². The molecule has 40 heavy (non-hydrogen) atoms. The number of anilines is 2. The van der Waals surface area contributed by atoms with Crippen molar-refractivity contribution in [2.24, 2.45) is 0 Å². The highest BCUT2D eigenvalue weighted by Crippen LogP contribution is 2.33. The van der Waals surface area contributed by atoms with Crippen LogP contribution in [0.5, 0.6) is 5.75 Å². The van der Waals surface area contributed by atoms with Crippen LogP contribution >= 0.6 is 0 Å². The van der Waals surface area contributed by atoms with Crippen LogP contribution in [0, 0.1) is 11.6 Å². The van der Waals surface area contributed by atoms with Crippen molar-refractivity contribution < 1.29 is 41.0 Å². The van der Waals surface area contributed by atoms with Crippen LogP contribution in [0.15, 0.2) is 54.7 Å². The van der Waals surface area contributed by atoms with Crippen LogP contribution < -0.4 is 15.4 Å². The van der Waals surface area contributed by atoms with Crippen LogP contribution in [0.1, 0.15) is 23.7 Å². The standard InChI is InChI=1S/C27H23F5N4O4/c1-14(36-12-21-10-20(36)13-39-21)25(37)35-23-8-15(2-5-24(23)40-27(30,31)32)26(38)34-19-3-4-22(33-11-19)16-6-17(28)9-18(29)7-16/h2-9,11,14,20-21H,10,12-13H2,1H3,(H,34,38)(H,35,37)/t14-,20-,21-/m0/s1. The Balaban J connectivity index is 1.32. The van der Waals surface area contributed by atoms with Crippen molar-refractivity contribution in [1.82, 2.24) is 9.88 Å². The van der Waals surface area contributed by atoms with E-state index in [1.807, 2.05) is 4.90 Å². The molecule has 2 bridgehead atoms. The lowest BCUT2D eigenvalue weighted by molar-refractivity contribution is -0.274. The number of nitrogens with one attached hydrogen (secondary N) is 2. The highest BCUT2D eigenvalue weighted by atomic mass is 19.4. The molecule has 2 aliphatic heterocycles. The summed E-state index contributed by atoms with van der Waals surface area (Å²) >= 11 is 0. The van der Waals surface area contributed by atoms with Gasteiger partial charge < -0.3 is 20.1 Å². The zero-order valence-electron chi connectivity index (χ0n) is 21.0. The van der Waals surface area contributed by atoms with Crippen molar-refractivity contribution in [2.45, 2.75) is 37.9 Å². The molecule has 2 amide bonds. The van der Waals surface area contributed by atoms with Crippen LogP contribution in [0.2, 0.25) is 0 Å². The lowest BCUT2D eigenvalue weighted by Crippen LogP contribution is -2.48. The van der Waals surface area contributed by atoms with E-state index in [-0.39, 0.29) is 40.3 Å². The first-order chi connectivity index (χ1) is 18.9. The number of benzene rings is 2. The summed E-state index contributed by atoms with van der Waals surface area (Å²) in [6.45, 7) is 2.66. The van der Waals surface area contributed by atoms with Gasteiger partial charge in [0.15, 0.2) is 5.75 Å². The summed E-state index contributed by atoms with van der Waals surface area (Å²) in [5.41, 5.74) is 0.264. The number of hydrogen-bond donors (Lipinski definition) is 2. The molecule has 2 saturated heterocycles. The van der Waals surface area contributed by atoms with Gasteiger partial charge in [-0.15, -0.1) is 13.2 Å². The van der Waals surface area contributed by atoms with Gasteiger partial charge >= 0.3 is 6.36 Å². The Morgan fingerprint density at radius 1 is 1.07 bits per heavy atom. The maximum absolute atomic E-state index is 13.5. The molecular formula is C27H23F5N4O4. The normalized spacial score (nSPS) is 19.4. The molecule has 5 rings (SSSR count). The highest BCUT2D eigenvalue weighted by molar-refractivity contribution is 6.06. The number of nitrogens with zero attached hydrogens (tertiary/aromatic N) is 2. The number of fused-ring (bicyclic) bond motifs is 2. The van der Waals surface area contributed by atoms with Crippen LogP contribution in [-0.4, -0.2) is 59.4 Å². The summed E-state index contributed by atoms with van der Waals surface area (Å²) in [6, 6.07) is 8.34. The van der Waals surface area contributed by atoms with E-state index in [9.17, 15) is 31.5 Å². The molecule has 3 aromatic rings. The second-order valence-corrected chi connectivity index (χ2v) is 9.51. The van der Waals surface area contributed by atoms with E-state index in [2.05, 4.69) is 20.4 Å². The van der Waals surface area contributed by atoms with Gasteiger partial charge in [-0.05, 0) is 55.8 Å². The number of hydrogen-bond acceptors (Lipinski definition) is 6. The fourth-order valence-electron chi connectivity index (χ4n) is 4.82. The van der Waals surface area contributed by atoms with Crippen LogP contribution in [0.4, 0.5) is 33.3 Å². The van der Waals surface area contributed by atoms with Crippen molar-refractivity contribution in [3.63, 3.8) is 0 Å². The van der Waals surface area contributed by atoms with Gasteiger partial charge in [0.2, 0.25) is 5.91 Å². The van der Waals surface area contributed by atoms with Crippen molar-refractivity contribution >= 4 is 23.2 Å². The van der Waals surface area contributed by atoms with E-state index in [0.717, 1.165) is 42.8 Å². The zero-order chi connectivity index (χ0) is 28.6. The van der Waals surface area contributed by atoms with Gasteiger partial charge in [-0.25, -0.2) is 8.78 Å². The summed E-state index contributed by atoms with van der Waals surface area (Å²) < 4.78 is 75.7. The maximum atomic E-state index is 13.5. The first kappa shape index (κ1) is 27.5. The lowest BCUT2D eigenvalue weighted by atomic mass is 10.1. The van der Waals surface area contributed by atoms with E-state index < -0.39 is 41.6 Å². The molecule has 0 aliphatic carbocycles. The van der Waals surface area contributed by atoms with E-state index in [1.54, 1.807) is 6.92 Å². The van der Waals surface area contributed by atoms with Gasteiger partial charge in [-0.2, -0.15) is 0 Å². The van der Waals surface area contributed by atoms with Crippen LogP contribution in [-0.2, 0) is 9.53 Å². The lowest BCUT2D eigenvalue weighted by Gasteiger charge is -2.31. The smallest absolute Gasteiger partial charge is 0.404 e. The molecule has 2 N–H and O–H groups in total. The number of ether oxygens (including phenoxy) is 2. The quantitative estimate of drug-likeness (QED) is 0.395. The number of rotatable bonds is 7. The summed E-state index contributed by atoms with van der Waals surface area (Å²) in [6.07, 6.45) is -2.96. The molecule has 3 atom stereocenters. The Morgan fingerprint density at radius 2 is 1.82 bits per heavy atom. The molecule has 2 aromatic carbocycles. The van der Waals surface area contributed by atoms with Crippen LogP contribution in [0.25, 0.3) is 11.3 Å². The van der Waals surface area contributed by atoms with Crippen LogP contribution in [0.3, 0.4) is 0 Å². The number of halogens is 5. The molecule has 1 aromatic heterocycles. The molecule has 3 heterocycles. The number of amides is 2. The average Bonchev–Trinajstić information content (AvgIpc) is 3.52. The Bertz CT molecular complexity index is 1410. The fraction of sp³-hybridized carbons (Fsp3) is 0.296. The maximum Gasteiger partial charge on any atom is 0.573 e. The minimum absolute atomic E-state index is 0.0231. The number of carbonyl (C=O) groups excluding carboxylic acids is 2. The molecule has 210 valence electrons. The number of pyridine rings is 1. The third-order valence-electron chi connectivity index (χ3n) is 6.72. The van der Waals surface area contributed by atoms with Gasteiger partial charge in [0.25, 0.3) is 5.91 Å². The molecule has 0 radical (unpaired) electrons. The molecule has 0 saturated carbocycles. The number of morpholine rings is 1. The Morgan fingerprint density at radius 3 is 2.42 bits per heavy atom. The Kier molecular flexibility index (Phi) is 7.43. The Labute approximate surface area is 225 Å². The molecule has 0 spiro atoms. The summed E-state index contributed by atoms with van der Waals surface area (Å²) in [5, 5.41) is 5.01. The average molecular weight is 562 g/mol. The van der Waals surface area contributed by atoms with Crippen molar-refractivity contribution in [3.8, 4) is 17.0 Å². The number of likely N-dealkylation sites (tertiary alicyclic amines) is 1. The highest BCUT2D eigenvalue weighted by Gasteiger charge is 2.43. The summed E-state index contributed by atoms with van der Waals surface area (Å²) in [7, 11) is 0. The largest absolute Gasteiger partial charge is 0.573 e. The fourth-order valence-corrected chi connectivity index (χ4v) is 4.82. The van der Waals surface area contributed by atoms with Gasteiger partial charge in [-0.1, -0.05) is 0 Å². The van der Waals surface area contributed by atoms with Gasteiger partial charge in [0.1, 0.15) is 11.6 Å². The number of carbonyl (C=O) groups is 2. The SMILES string of the molecule is C[C@@H](C(=O)Nc1cc(C(=O)Nc2ccc(-c3cc(F)cc(F)c3)nc2)ccc1OC(F)(F)F)N1C[C@@H]2C[C@H]1CO2. The summed E-state index contributed by atoms with van der Waals surface area (Å²) in [5.74, 6) is -3.49. The number of alkyl halides is 3. The summed E-state index contributed by atoms with van der Waals surface area (Å²) in [4.78, 5) is 31.9. The second kappa shape index (κ2) is 10.8. The van der Waals surface area contributed by atoms with E-state index in [4.69, 9.17) is 4.74 Å². The first-order valence-electron chi connectivity index (χ1n) is 12.3. The molecule has 2 aliphatic rings. The van der Waals surface area contributed by atoms with E-state index in [0.29, 0.717) is 13.2 Å². The predicted octanol–water partition coefficient (Wildman–Crippen LogP) is 4.98. The minimum Gasteiger partial charge on any atom is -0.404 e. The third-order valence-corrected chi connectivity index (χ3v) is 6.72. The third kappa shape index (κ3) is 6.20. The molecular weight excluding hydrogens is 539 g/mol. The van der Waals surface area contributed by atoms with Crippen molar-refractivity contribution in [3.05, 3.63) is 71.9 Å². The zero-order valence-corrected chi connectivity index (χ0v) is 21.0. The van der Waals surface area contributed by atoms with Gasteiger partial charge in [0.05, 0.1) is 42.0 Å². The van der Waals surface area contributed by atoms with Crippen molar-refractivity contribution in [2.75, 3.05) is 23.8 Å². The first-order valence-corrected chi connectivity index (χ1v) is 12.3. The predicted molar refractivity (Wildman–Crippen MR) is 134 cm³/mol. The monoisotopic (exact) mass is 562 g/mol. The van der Waals surface area contributed by atoms with Gasteiger partial charge in [-0.3, -0.25) is 19.5 Å².